The monoisotopic (exact) mass is 326 g/mol. The number of rotatable bonds is 7. The van der Waals surface area contributed by atoms with Gasteiger partial charge in [-0.1, -0.05) is 30.1 Å². The highest BCUT2D eigenvalue weighted by Gasteiger charge is 2.43. The van der Waals surface area contributed by atoms with E-state index in [1.54, 1.807) is 6.07 Å². The summed E-state index contributed by atoms with van der Waals surface area (Å²) in [5, 5.41) is 9.96. The van der Waals surface area contributed by atoms with Gasteiger partial charge in [-0.3, -0.25) is 0 Å². The zero-order chi connectivity index (χ0) is 15.5. The van der Waals surface area contributed by atoms with Crippen molar-refractivity contribution in [2.75, 3.05) is 6.61 Å². The molecule has 1 aromatic carbocycles. The number of nitrogens with two attached hydrogens (primary N) is 1. The Bertz CT molecular complexity index is 550. The number of nitrogens with zero attached hydrogens (tertiary/aromatic N) is 1. The van der Waals surface area contributed by atoms with Crippen molar-refractivity contribution in [3.8, 4) is 11.8 Å². The van der Waals surface area contributed by atoms with E-state index in [1.807, 2.05) is 13.0 Å². The Morgan fingerprint density at radius 1 is 1.43 bits per heavy atom. The molecular formula is C16H20Cl2N2O. The fourth-order valence-corrected chi connectivity index (χ4v) is 2.89. The van der Waals surface area contributed by atoms with Crippen molar-refractivity contribution >= 4 is 23.2 Å². The van der Waals surface area contributed by atoms with Crippen molar-refractivity contribution in [1.82, 2.24) is 0 Å². The van der Waals surface area contributed by atoms with Gasteiger partial charge in [-0.15, -0.1) is 0 Å². The molecule has 1 saturated carbocycles. The summed E-state index contributed by atoms with van der Waals surface area (Å²) in [5.41, 5.74) is 6.99. The van der Waals surface area contributed by atoms with Gasteiger partial charge in [-0.25, -0.2) is 0 Å². The zero-order valence-corrected chi connectivity index (χ0v) is 13.7. The molecule has 1 aliphatic rings. The SMILES string of the molecule is CCC(N)Cc1cc(Cl)cc(Cl)c1OCC1(CC#N)CC1. The molecule has 1 aromatic rings. The summed E-state index contributed by atoms with van der Waals surface area (Å²) in [4.78, 5) is 0. The number of benzene rings is 1. The zero-order valence-electron chi connectivity index (χ0n) is 12.2. The molecule has 2 rings (SSSR count). The van der Waals surface area contributed by atoms with Gasteiger partial charge in [0.1, 0.15) is 5.75 Å². The molecule has 1 unspecified atom stereocenters. The van der Waals surface area contributed by atoms with Crippen LogP contribution in [-0.2, 0) is 6.42 Å². The van der Waals surface area contributed by atoms with E-state index in [4.69, 9.17) is 38.9 Å². The molecule has 1 fully saturated rings. The van der Waals surface area contributed by atoms with Crippen LogP contribution < -0.4 is 10.5 Å². The maximum Gasteiger partial charge on any atom is 0.141 e. The van der Waals surface area contributed by atoms with Crippen LogP contribution in [0.1, 0.15) is 38.2 Å². The summed E-state index contributed by atoms with van der Waals surface area (Å²) in [7, 11) is 0. The average Bonchev–Trinajstić information content (AvgIpc) is 3.18. The number of hydrogen-bond acceptors (Lipinski definition) is 3. The summed E-state index contributed by atoms with van der Waals surface area (Å²) in [6.45, 7) is 2.57. The molecule has 2 N–H and O–H groups in total. The summed E-state index contributed by atoms with van der Waals surface area (Å²) in [5.74, 6) is 0.661. The van der Waals surface area contributed by atoms with Gasteiger partial charge in [0.2, 0.25) is 0 Å². The van der Waals surface area contributed by atoms with E-state index >= 15 is 0 Å². The van der Waals surface area contributed by atoms with Crippen molar-refractivity contribution in [3.63, 3.8) is 0 Å². The Hall–Kier alpha value is -0.950. The Balaban J connectivity index is 2.15. The van der Waals surface area contributed by atoms with E-state index in [1.165, 1.54) is 0 Å². The normalized spacial score (nSPS) is 17.1. The molecule has 21 heavy (non-hydrogen) atoms. The maximum absolute atomic E-state index is 8.87. The van der Waals surface area contributed by atoms with Crippen molar-refractivity contribution in [3.05, 3.63) is 27.7 Å². The lowest BCUT2D eigenvalue weighted by atomic mass is 10.0. The lowest BCUT2D eigenvalue weighted by Gasteiger charge is -2.19. The van der Waals surface area contributed by atoms with E-state index < -0.39 is 0 Å². The topological polar surface area (TPSA) is 59.0 Å². The molecule has 0 amide bonds. The third-order valence-corrected chi connectivity index (χ3v) is 4.52. The molecule has 1 aliphatic carbocycles. The highest BCUT2D eigenvalue weighted by Crippen LogP contribution is 2.49. The summed E-state index contributed by atoms with van der Waals surface area (Å²) in [6.07, 6.45) is 4.16. The Labute approximate surface area is 136 Å². The van der Waals surface area contributed by atoms with Crippen molar-refractivity contribution in [2.45, 2.75) is 45.1 Å². The molecule has 0 spiro atoms. The summed E-state index contributed by atoms with van der Waals surface area (Å²) in [6, 6.07) is 5.83. The van der Waals surface area contributed by atoms with Crippen molar-refractivity contribution in [2.24, 2.45) is 11.1 Å². The predicted octanol–water partition coefficient (Wildman–Crippen LogP) is 4.35. The molecular weight excluding hydrogens is 307 g/mol. The van der Waals surface area contributed by atoms with Crippen LogP contribution in [0.4, 0.5) is 0 Å². The fourth-order valence-electron chi connectivity index (χ4n) is 2.30. The van der Waals surface area contributed by atoms with E-state index in [0.29, 0.717) is 35.2 Å². The smallest absolute Gasteiger partial charge is 0.141 e. The first-order valence-electron chi connectivity index (χ1n) is 7.23. The summed E-state index contributed by atoms with van der Waals surface area (Å²) < 4.78 is 5.95. The molecule has 0 aromatic heterocycles. The molecule has 0 saturated heterocycles. The van der Waals surface area contributed by atoms with Crippen LogP contribution in [0.15, 0.2) is 12.1 Å². The highest BCUT2D eigenvalue weighted by molar-refractivity contribution is 6.35. The van der Waals surface area contributed by atoms with Crippen LogP contribution in [0.25, 0.3) is 0 Å². The van der Waals surface area contributed by atoms with Crippen molar-refractivity contribution < 1.29 is 4.74 Å². The third kappa shape index (κ3) is 4.26. The standard InChI is InChI=1S/C16H20Cl2N2O/c1-2-13(20)8-11-7-12(17)9-14(18)15(11)21-10-16(3-4-16)5-6-19/h7,9,13H,2-5,8,10,20H2,1H3. The molecule has 0 radical (unpaired) electrons. The minimum Gasteiger partial charge on any atom is -0.491 e. The highest BCUT2D eigenvalue weighted by atomic mass is 35.5. The Morgan fingerprint density at radius 2 is 2.14 bits per heavy atom. The lowest BCUT2D eigenvalue weighted by Crippen LogP contribution is -2.22. The van der Waals surface area contributed by atoms with Gasteiger partial charge in [-0.2, -0.15) is 5.26 Å². The van der Waals surface area contributed by atoms with Gasteiger partial charge < -0.3 is 10.5 Å². The minimum absolute atomic E-state index is 0.0157. The second-order valence-corrected chi connectivity index (χ2v) is 6.72. The number of nitriles is 1. The number of halogens is 2. The minimum atomic E-state index is 0.0157. The fraction of sp³-hybridized carbons (Fsp3) is 0.562. The first-order chi connectivity index (χ1) is 9.99. The first kappa shape index (κ1) is 16.4. The van der Waals surface area contributed by atoms with Gasteiger partial charge in [0.15, 0.2) is 0 Å². The molecule has 0 bridgehead atoms. The van der Waals surface area contributed by atoms with Crippen LogP contribution >= 0.6 is 23.2 Å². The van der Waals surface area contributed by atoms with Crippen LogP contribution in [0, 0.1) is 16.7 Å². The third-order valence-electron chi connectivity index (χ3n) is 4.03. The largest absolute Gasteiger partial charge is 0.491 e. The van der Waals surface area contributed by atoms with E-state index in [2.05, 4.69) is 6.07 Å². The van der Waals surface area contributed by atoms with Gasteiger partial charge >= 0.3 is 0 Å². The van der Waals surface area contributed by atoms with Crippen LogP contribution in [0.3, 0.4) is 0 Å². The lowest BCUT2D eigenvalue weighted by molar-refractivity contribution is 0.234. The Kier molecular flexibility index (Phi) is 5.37. The molecule has 0 heterocycles. The summed E-state index contributed by atoms with van der Waals surface area (Å²) >= 11 is 12.3. The van der Waals surface area contributed by atoms with Crippen LogP contribution in [-0.4, -0.2) is 12.6 Å². The van der Waals surface area contributed by atoms with Crippen LogP contribution in [0.2, 0.25) is 10.0 Å². The van der Waals surface area contributed by atoms with Gasteiger partial charge in [0.25, 0.3) is 0 Å². The quantitative estimate of drug-likeness (QED) is 0.810. The van der Waals surface area contributed by atoms with Gasteiger partial charge in [0, 0.05) is 22.9 Å². The van der Waals surface area contributed by atoms with Crippen molar-refractivity contribution in [1.29, 1.82) is 5.26 Å². The predicted molar refractivity (Wildman–Crippen MR) is 85.8 cm³/mol. The Morgan fingerprint density at radius 3 is 2.71 bits per heavy atom. The van der Waals surface area contributed by atoms with Crippen LogP contribution in [0.5, 0.6) is 5.75 Å². The number of ether oxygens (including phenoxy) is 1. The van der Waals surface area contributed by atoms with E-state index in [9.17, 15) is 0 Å². The second kappa shape index (κ2) is 6.87. The van der Waals surface area contributed by atoms with E-state index in [0.717, 1.165) is 24.8 Å². The second-order valence-electron chi connectivity index (χ2n) is 5.87. The number of hydrogen-bond donors (Lipinski definition) is 1. The van der Waals surface area contributed by atoms with Gasteiger partial charge in [-0.05, 0) is 43.4 Å². The molecule has 1 atom stereocenters. The van der Waals surface area contributed by atoms with E-state index in [-0.39, 0.29) is 11.5 Å². The maximum atomic E-state index is 8.87. The van der Waals surface area contributed by atoms with Gasteiger partial charge in [0.05, 0.1) is 17.7 Å². The first-order valence-corrected chi connectivity index (χ1v) is 7.98. The average molecular weight is 327 g/mol. The molecule has 0 aliphatic heterocycles. The molecule has 114 valence electrons. The molecule has 3 nitrogen and oxygen atoms in total. The molecule has 5 heteroatoms.